The number of carboxylic acid groups (broad SMARTS) is 1. The summed E-state index contributed by atoms with van der Waals surface area (Å²) in [7, 11) is 0. The van der Waals surface area contributed by atoms with E-state index in [1.165, 1.54) is 0 Å². The normalized spacial score (nSPS) is 11.5. The summed E-state index contributed by atoms with van der Waals surface area (Å²) in [5.74, 6) is -1.99. The van der Waals surface area contributed by atoms with Gasteiger partial charge in [0.2, 0.25) is 6.41 Å². The summed E-state index contributed by atoms with van der Waals surface area (Å²) < 4.78 is 4.40. The number of hydrogen-bond donors (Lipinski definition) is 3. The Morgan fingerprint density at radius 2 is 2.23 bits per heavy atom. The maximum absolute atomic E-state index is 10.6. The number of amides is 1. The van der Waals surface area contributed by atoms with Gasteiger partial charge in [-0.3, -0.25) is 14.4 Å². The summed E-state index contributed by atoms with van der Waals surface area (Å²) in [5.41, 5.74) is 5.03. The van der Waals surface area contributed by atoms with Crippen molar-refractivity contribution in [2.24, 2.45) is 5.73 Å². The Bertz CT molecular complexity index is 205. The summed E-state index contributed by atoms with van der Waals surface area (Å²) in [6.07, 6.45) is 0.332. The molecule has 1 amide bonds. The Labute approximate surface area is 73.8 Å². The maximum atomic E-state index is 10.6. The van der Waals surface area contributed by atoms with E-state index in [1.807, 2.05) is 0 Å². The minimum Gasteiger partial charge on any atom is -0.480 e. The van der Waals surface area contributed by atoms with Crippen LogP contribution in [0.3, 0.4) is 0 Å². The number of carboxylic acids is 1. The number of nitrogens with two attached hydrogens (primary N) is 1. The minimum absolute atomic E-state index is 0.296. The van der Waals surface area contributed by atoms with E-state index in [1.54, 1.807) is 0 Å². The quantitative estimate of drug-likeness (QED) is 0.320. The Kier molecular flexibility index (Phi) is 5.20. The van der Waals surface area contributed by atoms with Crippen molar-refractivity contribution < 1.29 is 24.2 Å². The van der Waals surface area contributed by atoms with Gasteiger partial charge in [-0.2, -0.15) is 0 Å². The molecule has 0 saturated carbocycles. The Hall–Kier alpha value is -1.63. The molecule has 7 nitrogen and oxygen atoms in total. The van der Waals surface area contributed by atoms with E-state index in [0.717, 1.165) is 0 Å². The van der Waals surface area contributed by atoms with Crippen molar-refractivity contribution in [3.05, 3.63) is 0 Å². The third-order valence-electron chi connectivity index (χ3n) is 1.07. The van der Waals surface area contributed by atoms with E-state index in [2.05, 4.69) is 10.1 Å². The highest BCUT2D eigenvalue weighted by atomic mass is 16.5. The molecule has 0 aromatic carbocycles. The van der Waals surface area contributed by atoms with Crippen LogP contribution in [-0.2, 0) is 19.1 Å². The lowest BCUT2D eigenvalue weighted by Gasteiger charge is -2.06. The predicted molar refractivity (Wildman–Crippen MR) is 40.6 cm³/mol. The van der Waals surface area contributed by atoms with Gasteiger partial charge in [0.25, 0.3) is 0 Å². The zero-order valence-corrected chi connectivity index (χ0v) is 6.73. The highest BCUT2D eigenvalue weighted by Gasteiger charge is 2.13. The molecular formula is C6H10N2O5. The van der Waals surface area contributed by atoms with E-state index >= 15 is 0 Å². The van der Waals surface area contributed by atoms with Crippen molar-refractivity contribution in [2.45, 2.75) is 6.04 Å². The van der Waals surface area contributed by atoms with Gasteiger partial charge in [-0.05, 0) is 0 Å². The van der Waals surface area contributed by atoms with Crippen LogP contribution in [0.1, 0.15) is 0 Å². The van der Waals surface area contributed by atoms with Gasteiger partial charge < -0.3 is 20.9 Å². The first-order valence-electron chi connectivity index (χ1n) is 3.39. The summed E-state index contributed by atoms with van der Waals surface area (Å²) >= 11 is 0. The van der Waals surface area contributed by atoms with E-state index < -0.39 is 24.6 Å². The van der Waals surface area contributed by atoms with Gasteiger partial charge in [-0.15, -0.1) is 0 Å². The van der Waals surface area contributed by atoms with E-state index in [4.69, 9.17) is 10.8 Å². The molecule has 0 aliphatic heterocycles. The summed E-state index contributed by atoms with van der Waals surface area (Å²) in [6, 6.07) is -1.24. The average Bonchev–Trinajstić information content (AvgIpc) is 2.10. The Balaban J connectivity index is 3.57. The monoisotopic (exact) mass is 190 g/mol. The predicted octanol–water partition coefficient (Wildman–Crippen LogP) is -2.31. The average molecular weight is 190 g/mol. The third kappa shape index (κ3) is 5.62. The number of nitrogens with one attached hydrogen (secondary N) is 1. The van der Waals surface area contributed by atoms with Gasteiger partial charge in [0.1, 0.15) is 19.2 Å². The zero-order valence-electron chi connectivity index (χ0n) is 6.73. The van der Waals surface area contributed by atoms with Crippen LogP contribution >= 0.6 is 0 Å². The lowest BCUT2D eigenvalue weighted by Crippen LogP contribution is -2.37. The summed E-state index contributed by atoms with van der Waals surface area (Å²) in [4.78, 5) is 30.5. The largest absolute Gasteiger partial charge is 0.480 e. The second-order valence-electron chi connectivity index (χ2n) is 2.13. The molecule has 0 spiro atoms. The highest BCUT2D eigenvalue weighted by molar-refractivity contribution is 5.76. The van der Waals surface area contributed by atoms with Gasteiger partial charge in [0.05, 0.1) is 0 Å². The van der Waals surface area contributed by atoms with Crippen molar-refractivity contribution in [1.82, 2.24) is 5.32 Å². The first kappa shape index (κ1) is 11.4. The lowest BCUT2D eigenvalue weighted by molar-refractivity contribution is -0.147. The minimum atomic E-state index is -1.25. The molecule has 0 aromatic rings. The second kappa shape index (κ2) is 5.95. The van der Waals surface area contributed by atoms with Crippen LogP contribution in [0.4, 0.5) is 0 Å². The standard InChI is InChI=1S/C6H10N2O5/c7-4(6(11)12)2-13-5(10)1-8-3-9/h3-4H,1-2,7H2,(H,8,9)(H,11,12). The van der Waals surface area contributed by atoms with Crippen LogP contribution in [0.15, 0.2) is 0 Å². The molecule has 7 heteroatoms. The summed E-state index contributed by atoms with van der Waals surface area (Å²) in [6.45, 7) is -0.704. The van der Waals surface area contributed by atoms with Crippen LogP contribution in [0.2, 0.25) is 0 Å². The van der Waals surface area contributed by atoms with Gasteiger partial charge in [0, 0.05) is 0 Å². The van der Waals surface area contributed by atoms with E-state index in [-0.39, 0.29) is 6.54 Å². The number of hydrogen-bond acceptors (Lipinski definition) is 5. The fourth-order valence-corrected chi connectivity index (χ4v) is 0.430. The number of esters is 1. The van der Waals surface area contributed by atoms with Crippen LogP contribution in [-0.4, -0.2) is 42.6 Å². The first-order chi connectivity index (χ1) is 6.07. The molecule has 4 N–H and O–H groups in total. The Morgan fingerprint density at radius 1 is 1.62 bits per heavy atom. The third-order valence-corrected chi connectivity index (χ3v) is 1.07. The topological polar surface area (TPSA) is 119 Å². The SMILES string of the molecule is NC(COC(=O)CNC=O)C(=O)O. The molecule has 0 fully saturated rings. The number of aliphatic carboxylic acids is 1. The van der Waals surface area contributed by atoms with E-state index in [9.17, 15) is 14.4 Å². The van der Waals surface area contributed by atoms with Crippen molar-refractivity contribution >= 4 is 18.3 Å². The molecule has 0 bridgehead atoms. The van der Waals surface area contributed by atoms with Gasteiger partial charge in [0.15, 0.2) is 0 Å². The molecule has 0 rings (SSSR count). The van der Waals surface area contributed by atoms with Crippen LogP contribution in [0.5, 0.6) is 0 Å². The van der Waals surface area contributed by atoms with Crippen LogP contribution < -0.4 is 11.1 Å². The van der Waals surface area contributed by atoms with Crippen molar-refractivity contribution in [3.8, 4) is 0 Å². The first-order valence-corrected chi connectivity index (χ1v) is 3.39. The molecule has 0 heterocycles. The fourth-order valence-electron chi connectivity index (χ4n) is 0.430. The van der Waals surface area contributed by atoms with E-state index in [0.29, 0.717) is 6.41 Å². The number of carbonyl (C=O) groups is 3. The molecule has 74 valence electrons. The fraction of sp³-hybridized carbons (Fsp3) is 0.500. The molecule has 0 aliphatic carbocycles. The zero-order chi connectivity index (χ0) is 10.3. The second-order valence-corrected chi connectivity index (χ2v) is 2.13. The van der Waals surface area contributed by atoms with Gasteiger partial charge in [-0.1, -0.05) is 0 Å². The maximum Gasteiger partial charge on any atom is 0.325 e. The summed E-state index contributed by atoms with van der Waals surface area (Å²) in [5, 5.41) is 10.3. The lowest BCUT2D eigenvalue weighted by atomic mass is 10.3. The smallest absolute Gasteiger partial charge is 0.325 e. The molecule has 0 aromatic heterocycles. The Morgan fingerprint density at radius 3 is 2.69 bits per heavy atom. The van der Waals surface area contributed by atoms with Crippen LogP contribution in [0.25, 0.3) is 0 Å². The van der Waals surface area contributed by atoms with Crippen LogP contribution in [0, 0.1) is 0 Å². The molecule has 13 heavy (non-hydrogen) atoms. The number of rotatable bonds is 6. The number of carbonyl (C=O) groups excluding carboxylic acids is 2. The molecular weight excluding hydrogens is 180 g/mol. The van der Waals surface area contributed by atoms with Gasteiger partial charge in [-0.25, -0.2) is 0 Å². The molecule has 1 atom stereocenters. The molecule has 0 aliphatic rings. The molecule has 0 saturated heterocycles. The highest BCUT2D eigenvalue weighted by Crippen LogP contribution is 1.82. The molecule has 1 unspecified atom stereocenters. The molecule has 0 radical (unpaired) electrons. The number of ether oxygens (including phenoxy) is 1. The van der Waals surface area contributed by atoms with Crippen molar-refractivity contribution in [1.29, 1.82) is 0 Å². The van der Waals surface area contributed by atoms with Crippen molar-refractivity contribution in [2.75, 3.05) is 13.2 Å². The van der Waals surface area contributed by atoms with Crippen molar-refractivity contribution in [3.63, 3.8) is 0 Å². The van der Waals surface area contributed by atoms with Gasteiger partial charge >= 0.3 is 11.9 Å².